The molecule has 1 aliphatic heterocycles. The minimum absolute atomic E-state index is 0.0267. The largest absolute Gasteiger partial charge is 0.379 e. The summed E-state index contributed by atoms with van der Waals surface area (Å²) in [5.41, 5.74) is 2.50. The van der Waals surface area contributed by atoms with Crippen molar-refractivity contribution < 1.29 is 9.53 Å². The Kier molecular flexibility index (Phi) is 6.93. The minimum Gasteiger partial charge on any atom is -0.379 e. The second kappa shape index (κ2) is 8.71. The maximum atomic E-state index is 12.0. The fourth-order valence-corrected chi connectivity index (χ4v) is 3.41. The zero-order valence-electron chi connectivity index (χ0n) is 14.4. The molecule has 128 valence electrons. The quantitative estimate of drug-likeness (QED) is 0.830. The summed E-state index contributed by atoms with van der Waals surface area (Å²) in [6, 6.07) is 8.48. The van der Waals surface area contributed by atoms with Crippen LogP contribution in [0.1, 0.15) is 25.0 Å². The first-order valence-corrected chi connectivity index (χ1v) is 9.36. The predicted molar refractivity (Wildman–Crippen MR) is 96.8 cm³/mol. The van der Waals surface area contributed by atoms with E-state index >= 15 is 0 Å². The molecule has 1 amide bonds. The molecular weight excluding hydrogens is 308 g/mol. The molecule has 4 nitrogen and oxygen atoms in total. The lowest BCUT2D eigenvalue weighted by Crippen LogP contribution is -2.55. The van der Waals surface area contributed by atoms with Gasteiger partial charge in [-0.1, -0.05) is 29.8 Å². The lowest BCUT2D eigenvalue weighted by atomic mass is 10.0. The van der Waals surface area contributed by atoms with Gasteiger partial charge in [0.25, 0.3) is 0 Å². The molecule has 0 bridgehead atoms. The van der Waals surface area contributed by atoms with Crippen LogP contribution in [0.15, 0.2) is 24.3 Å². The van der Waals surface area contributed by atoms with Crippen molar-refractivity contribution in [3.63, 3.8) is 0 Å². The number of benzene rings is 1. The highest BCUT2D eigenvalue weighted by Gasteiger charge is 2.28. The maximum Gasteiger partial charge on any atom is 0.230 e. The van der Waals surface area contributed by atoms with E-state index in [1.807, 2.05) is 0 Å². The van der Waals surface area contributed by atoms with E-state index in [2.05, 4.69) is 55.3 Å². The lowest BCUT2D eigenvalue weighted by Gasteiger charge is -2.40. The Morgan fingerprint density at radius 2 is 1.91 bits per heavy atom. The van der Waals surface area contributed by atoms with Gasteiger partial charge in [-0.3, -0.25) is 9.69 Å². The van der Waals surface area contributed by atoms with Crippen LogP contribution in [-0.2, 0) is 15.3 Å². The minimum atomic E-state index is -0.0267. The van der Waals surface area contributed by atoms with Gasteiger partial charge in [-0.15, -0.1) is 11.8 Å². The molecular formula is C18H28N2O2S. The molecule has 0 unspecified atom stereocenters. The Labute approximate surface area is 144 Å². The van der Waals surface area contributed by atoms with Crippen LogP contribution in [-0.4, -0.2) is 54.9 Å². The van der Waals surface area contributed by atoms with Crippen LogP contribution in [0.25, 0.3) is 0 Å². The number of ether oxygens (including phenoxy) is 1. The average Bonchev–Trinajstić information content (AvgIpc) is 2.56. The first kappa shape index (κ1) is 18.3. The maximum absolute atomic E-state index is 12.0. The number of morpholine rings is 1. The number of carbonyl (C=O) groups excluding carboxylic acids is 1. The Morgan fingerprint density at radius 1 is 1.26 bits per heavy atom. The van der Waals surface area contributed by atoms with Crippen molar-refractivity contribution in [2.75, 3.05) is 38.6 Å². The highest BCUT2D eigenvalue weighted by Crippen LogP contribution is 2.16. The van der Waals surface area contributed by atoms with E-state index in [0.29, 0.717) is 12.3 Å². The highest BCUT2D eigenvalue weighted by atomic mass is 32.2. The molecule has 23 heavy (non-hydrogen) atoms. The Hall–Kier alpha value is -1.04. The van der Waals surface area contributed by atoms with Crippen LogP contribution in [0, 0.1) is 6.92 Å². The third kappa shape index (κ3) is 6.16. The van der Waals surface area contributed by atoms with Gasteiger partial charge in [0.2, 0.25) is 5.91 Å². The molecule has 5 heteroatoms. The standard InChI is InChI=1S/C18H28N2O2S/c1-15-4-6-16(7-5-15)12-23-13-17(21)19-14-18(2,3)20-8-10-22-11-9-20/h4-7H,8-14H2,1-3H3,(H,19,21). The van der Waals surface area contributed by atoms with Crippen molar-refractivity contribution in [3.05, 3.63) is 35.4 Å². The van der Waals surface area contributed by atoms with E-state index in [0.717, 1.165) is 32.1 Å². The fraction of sp³-hybridized carbons (Fsp3) is 0.611. The second-order valence-corrected chi connectivity index (χ2v) is 7.65. The van der Waals surface area contributed by atoms with E-state index in [1.54, 1.807) is 11.8 Å². The molecule has 1 N–H and O–H groups in total. The summed E-state index contributed by atoms with van der Waals surface area (Å²) >= 11 is 1.66. The van der Waals surface area contributed by atoms with Gasteiger partial charge in [0.1, 0.15) is 0 Å². The molecule has 0 aromatic heterocycles. The van der Waals surface area contributed by atoms with Crippen molar-refractivity contribution in [1.29, 1.82) is 0 Å². The van der Waals surface area contributed by atoms with E-state index < -0.39 is 0 Å². The zero-order chi connectivity index (χ0) is 16.7. The number of hydrogen-bond donors (Lipinski definition) is 1. The summed E-state index contributed by atoms with van der Waals surface area (Å²) < 4.78 is 5.39. The summed E-state index contributed by atoms with van der Waals surface area (Å²) in [5.74, 6) is 1.50. The molecule has 0 saturated carbocycles. The first-order valence-electron chi connectivity index (χ1n) is 8.20. The van der Waals surface area contributed by atoms with Gasteiger partial charge in [-0.2, -0.15) is 0 Å². The summed E-state index contributed by atoms with van der Waals surface area (Å²) in [7, 11) is 0. The molecule has 1 saturated heterocycles. The van der Waals surface area contributed by atoms with Gasteiger partial charge in [0.15, 0.2) is 0 Å². The van der Waals surface area contributed by atoms with Crippen LogP contribution in [0.2, 0.25) is 0 Å². The van der Waals surface area contributed by atoms with Crippen LogP contribution in [0.4, 0.5) is 0 Å². The Bertz CT molecular complexity index is 496. The number of carbonyl (C=O) groups is 1. The van der Waals surface area contributed by atoms with Crippen molar-refractivity contribution in [1.82, 2.24) is 10.2 Å². The zero-order valence-corrected chi connectivity index (χ0v) is 15.2. The molecule has 0 aliphatic carbocycles. The Balaban J connectivity index is 1.67. The molecule has 1 aliphatic rings. The lowest BCUT2D eigenvalue weighted by molar-refractivity contribution is -0.119. The van der Waals surface area contributed by atoms with Gasteiger partial charge in [0.05, 0.1) is 19.0 Å². The topological polar surface area (TPSA) is 41.6 Å². The van der Waals surface area contributed by atoms with Crippen molar-refractivity contribution in [2.45, 2.75) is 32.1 Å². The van der Waals surface area contributed by atoms with Gasteiger partial charge in [0, 0.05) is 30.9 Å². The molecule has 0 spiro atoms. The van der Waals surface area contributed by atoms with Gasteiger partial charge in [-0.05, 0) is 26.3 Å². The van der Waals surface area contributed by atoms with E-state index in [4.69, 9.17) is 4.74 Å². The summed E-state index contributed by atoms with van der Waals surface area (Å²) in [4.78, 5) is 14.4. The van der Waals surface area contributed by atoms with Crippen LogP contribution in [0.5, 0.6) is 0 Å². The van der Waals surface area contributed by atoms with Crippen LogP contribution >= 0.6 is 11.8 Å². The Morgan fingerprint density at radius 3 is 2.57 bits per heavy atom. The monoisotopic (exact) mass is 336 g/mol. The number of nitrogens with zero attached hydrogens (tertiary/aromatic N) is 1. The van der Waals surface area contributed by atoms with E-state index in [9.17, 15) is 4.79 Å². The van der Waals surface area contributed by atoms with Gasteiger partial charge >= 0.3 is 0 Å². The third-order valence-corrected chi connectivity index (χ3v) is 5.21. The van der Waals surface area contributed by atoms with E-state index in [-0.39, 0.29) is 11.4 Å². The molecule has 1 aromatic carbocycles. The van der Waals surface area contributed by atoms with Gasteiger partial charge < -0.3 is 10.1 Å². The van der Waals surface area contributed by atoms with Crippen LogP contribution < -0.4 is 5.32 Å². The van der Waals surface area contributed by atoms with E-state index in [1.165, 1.54) is 11.1 Å². The normalized spacial score (nSPS) is 16.3. The first-order chi connectivity index (χ1) is 11.0. The fourth-order valence-electron chi connectivity index (χ4n) is 2.59. The van der Waals surface area contributed by atoms with Crippen LogP contribution in [0.3, 0.4) is 0 Å². The summed E-state index contributed by atoms with van der Waals surface area (Å²) in [6.45, 7) is 10.6. The van der Waals surface area contributed by atoms with Crippen molar-refractivity contribution >= 4 is 17.7 Å². The second-order valence-electron chi connectivity index (χ2n) is 6.67. The average molecular weight is 337 g/mol. The highest BCUT2D eigenvalue weighted by molar-refractivity contribution is 7.99. The van der Waals surface area contributed by atoms with Crippen molar-refractivity contribution in [3.8, 4) is 0 Å². The summed E-state index contributed by atoms with van der Waals surface area (Å²) in [6.07, 6.45) is 0. The summed E-state index contributed by atoms with van der Waals surface area (Å²) in [5, 5.41) is 3.07. The number of amides is 1. The molecule has 1 fully saturated rings. The van der Waals surface area contributed by atoms with Gasteiger partial charge in [-0.25, -0.2) is 0 Å². The number of aryl methyl sites for hydroxylation is 1. The smallest absolute Gasteiger partial charge is 0.230 e. The SMILES string of the molecule is Cc1ccc(CSCC(=O)NCC(C)(C)N2CCOCC2)cc1. The molecule has 0 atom stereocenters. The molecule has 0 radical (unpaired) electrons. The number of nitrogens with one attached hydrogen (secondary N) is 1. The number of rotatable bonds is 7. The molecule has 2 rings (SSSR count). The molecule has 1 aromatic rings. The number of thioether (sulfide) groups is 1. The van der Waals surface area contributed by atoms with Crippen molar-refractivity contribution in [2.24, 2.45) is 0 Å². The number of hydrogen-bond acceptors (Lipinski definition) is 4. The third-order valence-electron chi connectivity index (χ3n) is 4.21. The predicted octanol–water partition coefficient (Wildman–Crippen LogP) is 2.46. The molecule has 1 heterocycles.